The van der Waals surface area contributed by atoms with Crippen molar-refractivity contribution in [1.82, 2.24) is 5.43 Å². The Morgan fingerprint density at radius 1 is 1.24 bits per heavy atom. The fourth-order valence-electron chi connectivity index (χ4n) is 1.79. The molecule has 0 atom stereocenters. The lowest BCUT2D eigenvalue weighted by molar-refractivity contribution is -0.459. The average molecular weight is 342 g/mol. The van der Waals surface area contributed by atoms with E-state index in [9.17, 15) is 0 Å². The van der Waals surface area contributed by atoms with E-state index >= 15 is 0 Å². The Kier molecular flexibility index (Phi) is 4.97. The summed E-state index contributed by atoms with van der Waals surface area (Å²) in [5.74, 6) is 1.14. The molecule has 0 bridgehead atoms. The molecule has 3 nitrogen and oxygen atoms in total. The summed E-state index contributed by atoms with van der Waals surface area (Å²) in [4.78, 5) is 3.37. The van der Waals surface area contributed by atoms with E-state index in [1.807, 2.05) is 18.3 Å². The van der Waals surface area contributed by atoms with Crippen molar-refractivity contribution in [2.45, 2.75) is 25.7 Å². The van der Waals surface area contributed by atoms with Gasteiger partial charge in [-0.3, -0.25) is 4.99 Å². The van der Waals surface area contributed by atoms with Crippen molar-refractivity contribution in [3.05, 3.63) is 33.4 Å². The van der Waals surface area contributed by atoms with Crippen LogP contribution in [-0.4, -0.2) is 18.6 Å². The first-order valence-corrected chi connectivity index (χ1v) is 7.07. The lowest BCUT2D eigenvalue weighted by atomic mass is 10.2. The molecule has 0 radical (unpaired) electrons. The summed E-state index contributed by atoms with van der Waals surface area (Å²) < 4.78 is 1.22. The number of rotatable bonds is 2. The van der Waals surface area contributed by atoms with Gasteiger partial charge in [-0.2, -0.15) is 5.43 Å². The maximum atomic E-state index is 4.29. The van der Waals surface area contributed by atoms with Crippen LogP contribution in [0.5, 0.6) is 0 Å². The highest BCUT2D eigenvalue weighted by Gasteiger charge is 2.08. The average Bonchev–Trinajstić information content (AvgIpc) is 2.60. The maximum Gasteiger partial charge on any atom is 0.267 e. The quantitative estimate of drug-likeness (QED) is 0.474. The highest BCUT2D eigenvalue weighted by Crippen LogP contribution is 2.08. The maximum absolute atomic E-state index is 4.29. The van der Waals surface area contributed by atoms with Gasteiger partial charge in [0.2, 0.25) is 0 Å². The van der Waals surface area contributed by atoms with Gasteiger partial charge < -0.3 is 0 Å². The van der Waals surface area contributed by atoms with Gasteiger partial charge in [-0.1, -0.05) is 23.3 Å². The second-order valence-electron chi connectivity index (χ2n) is 4.11. The third-order valence-electron chi connectivity index (χ3n) is 2.75. The van der Waals surface area contributed by atoms with Crippen LogP contribution in [0.3, 0.4) is 0 Å². The molecule has 1 aliphatic heterocycles. The molecule has 0 saturated heterocycles. The molecule has 0 spiro atoms. The Labute approximate surface area is 116 Å². The minimum Gasteiger partial charge on any atom is -0.277 e. The van der Waals surface area contributed by atoms with Crippen LogP contribution in [0.4, 0.5) is 0 Å². The fraction of sp³-hybridized carbons (Fsp3) is 0.385. The summed E-state index contributed by atoms with van der Waals surface area (Å²) in [6.45, 7) is 1.06. The van der Waals surface area contributed by atoms with Crippen molar-refractivity contribution < 1.29 is 4.99 Å². The van der Waals surface area contributed by atoms with Crippen molar-refractivity contribution in [3.63, 3.8) is 0 Å². The van der Waals surface area contributed by atoms with E-state index in [1.54, 1.807) is 0 Å². The normalized spacial score (nSPS) is 16.6. The van der Waals surface area contributed by atoms with Gasteiger partial charge in [0.15, 0.2) is 0 Å². The van der Waals surface area contributed by atoms with Crippen LogP contribution in [-0.2, 0) is 0 Å². The van der Waals surface area contributed by atoms with Crippen molar-refractivity contribution in [1.29, 1.82) is 0 Å². The van der Waals surface area contributed by atoms with Crippen molar-refractivity contribution >= 4 is 34.6 Å². The van der Waals surface area contributed by atoms with Gasteiger partial charge in [0.05, 0.1) is 19.2 Å². The van der Waals surface area contributed by atoms with E-state index < -0.39 is 0 Å². The molecule has 90 valence electrons. The van der Waals surface area contributed by atoms with Crippen LogP contribution in [0.1, 0.15) is 31.2 Å². The molecule has 4 heteroatoms. The summed E-state index contributed by atoms with van der Waals surface area (Å²) in [6, 6.07) is 8.21. The Bertz CT molecular complexity index is 426. The van der Waals surface area contributed by atoms with E-state index in [4.69, 9.17) is 0 Å². The molecular formula is C13H17IN3+. The number of amidine groups is 1. The number of hydrogen-bond acceptors (Lipinski definition) is 2. The number of halogens is 1. The van der Waals surface area contributed by atoms with Crippen molar-refractivity contribution in [2.75, 3.05) is 6.54 Å². The zero-order chi connectivity index (χ0) is 11.9. The molecule has 1 aromatic carbocycles. The zero-order valence-electron chi connectivity index (χ0n) is 9.75. The van der Waals surface area contributed by atoms with E-state index in [2.05, 4.69) is 50.2 Å². The molecule has 1 heterocycles. The summed E-state index contributed by atoms with van der Waals surface area (Å²) in [5, 5.41) is 4.29. The zero-order valence-corrected chi connectivity index (χ0v) is 11.9. The Hall–Kier alpha value is -0.910. The highest BCUT2D eigenvalue weighted by molar-refractivity contribution is 14.1. The Balaban J connectivity index is 1.93. The third kappa shape index (κ3) is 4.11. The molecule has 0 amide bonds. The predicted molar refractivity (Wildman–Crippen MR) is 79.2 cm³/mol. The van der Waals surface area contributed by atoms with Crippen LogP contribution >= 0.6 is 22.6 Å². The molecule has 0 aromatic heterocycles. The SMILES string of the molecule is Ic1ccccc1/C=N\NC1=[NH+]CCCCC1. The smallest absolute Gasteiger partial charge is 0.267 e. The molecule has 17 heavy (non-hydrogen) atoms. The first-order chi connectivity index (χ1) is 8.36. The first-order valence-electron chi connectivity index (χ1n) is 5.99. The number of hydrogen-bond donors (Lipinski definition) is 2. The lowest BCUT2D eigenvalue weighted by Crippen LogP contribution is -2.75. The first kappa shape index (κ1) is 12.5. The van der Waals surface area contributed by atoms with Gasteiger partial charge in [-0.25, -0.2) is 0 Å². The monoisotopic (exact) mass is 342 g/mol. The van der Waals surface area contributed by atoms with Crippen molar-refractivity contribution in [3.8, 4) is 0 Å². The predicted octanol–water partition coefficient (Wildman–Crippen LogP) is 1.27. The molecule has 0 unspecified atom stereocenters. The molecule has 0 aliphatic carbocycles. The van der Waals surface area contributed by atoms with E-state index in [-0.39, 0.29) is 0 Å². The van der Waals surface area contributed by atoms with Crippen LogP contribution in [0.15, 0.2) is 29.4 Å². The molecular weight excluding hydrogens is 325 g/mol. The second-order valence-corrected chi connectivity index (χ2v) is 5.27. The minimum atomic E-state index is 1.06. The number of nitrogens with zero attached hydrogens (tertiary/aromatic N) is 1. The van der Waals surface area contributed by atoms with Gasteiger partial charge in [-0.05, 0) is 47.9 Å². The Morgan fingerprint density at radius 3 is 3.00 bits per heavy atom. The van der Waals surface area contributed by atoms with Crippen LogP contribution in [0, 0.1) is 3.57 Å². The topological polar surface area (TPSA) is 38.4 Å². The van der Waals surface area contributed by atoms with Crippen LogP contribution in [0.2, 0.25) is 0 Å². The molecule has 2 rings (SSSR count). The minimum absolute atomic E-state index is 1.06. The van der Waals surface area contributed by atoms with E-state index in [1.165, 1.54) is 22.8 Å². The molecule has 0 fully saturated rings. The van der Waals surface area contributed by atoms with E-state index in [0.717, 1.165) is 24.4 Å². The van der Waals surface area contributed by atoms with Crippen LogP contribution < -0.4 is 10.4 Å². The number of hydrazone groups is 1. The Morgan fingerprint density at radius 2 is 2.12 bits per heavy atom. The summed E-state index contributed by atoms with van der Waals surface area (Å²) in [5.41, 5.74) is 4.26. The summed E-state index contributed by atoms with van der Waals surface area (Å²) >= 11 is 2.32. The molecule has 2 N–H and O–H groups in total. The molecule has 0 saturated carbocycles. The second kappa shape index (κ2) is 6.74. The molecule has 1 aromatic rings. The summed E-state index contributed by atoms with van der Waals surface area (Å²) in [6.07, 6.45) is 6.75. The van der Waals surface area contributed by atoms with E-state index in [0.29, 0.717) is 0 Å². The van der Waals surface area contributed by atoms with Crippen LogP contribution in [0.25, 0.3) is 0 Å². The highest BCUT2D eigenvalue weighted by atomic mass is 127. The molecule has 1 aliphatic rings. The van der Waals surface area contributed by atoms with Gasteiger partial charge in [-0.15, -0.1) is 0 Å². The largest absolute Gasteiger partial charge is 0.277 e. The third-order valence-corrected chi connectivity index (χ3v) is 3.73. The van der Waals surface area contributed by atoms with Gasteiger partial charge in [0.25, 0.3) is 5.84 Å². The van der Waals surface area contributed by atoms with Gasteiger partial charge in [0.1, 0.15) is 0 Å². The number of nitrogens with one attached hydrogen (secondary N) is 2. The number of benzene rings is 1. The van der Waals surface area contributed by atoms with Gasteiger partial charge in [0, 0.05) is 9.13 Å². The standard InChI is InChI=1S/C13H16IN3/c14-12-7-4-3-6-11(12)10-16-17-13-8-2-1-5-9-15-13/h3-4,6-7,10H,1-2,5,8-9H2,(H,15,17)/p+1/b16-10-. The lowest BCUT2D eigenvalue weighted by Gasteiger charge is -1.96. The fourth-order valence-corrected chi connectivity index (χ4v) is 2.31. The van der Waals surface area contributed by atoms with Crippen molar-refractivity contribution in [2.24, 2.45) is 5.10 Å². The van der Waals surface area contributed by atoms with Gasteiger partial charge >= 0.3 is 0 Å². The summed E-state index contributed by atoms with van der Waals surface area (Å²) in [7, 11) is 0.